The van der Waals surface area contributed by atoms with E-state index in [1.807, 2.05) is 30.3 Å². The molecule has 30 heavy (non-hydrogen) atoms. The first-order chi connectivity index (χ1) is 14.4. The van der Waals surface area contributed by atoms with E-state index in [-0.39, 0.29) is 11.3 Å². The lowest BCUT2D eigenvalue weighted by Crippen LogP contribution is -2.84. The van der Waals surface area contributed by atoms with Crippen LogP contribution in [0, 0.1) is 26.9 Å². The summed E-state index contributed by atoms with van der Waals surface area (Å²) in [5, 5.41) is 26.8. The molecule has 3 fully saturated rings. The van der Waals surface area contributed by atoms with Crippen molar-refractivity contribution >= 4 is 11.7 Å². The van der Waals surface area contributed by atoms with Crippen LogP contribution in [0.5, 0.6) is 0 Å². The number of piperidine rings is 1. The van der Waals surface area contributed by atoms with E-state index in [1.54, 1.807) is 0 Å². The van der Waals surface area contributed by atoms with Gasteiger partial charge in [-0.25, -0.2) is 4.79 Å². The van der Waals surface area contributed by atoms with Gasteiger partial charge in [-0.05, 0) is 37.4 Å². The second-order valence-corrected chi connectivity index (χ2v) is 9.26. The van der Waals surface area contributed by atoms with Crippen molar-refractivity contribution in [2.24, 2.45) is 5.41 Å². The second-order valence-electron chi connectivity index (χ2n) is 9.26. The van der Waals surface area contributed by atoms with Gasteiger partial charge in [-0.15, -0.1) is 0 Å². The van der Waals surface area contributed by atoms with Gasteiger partial charge in [-0.2, -0.15) is 5.26 Å². The van der Waals surface area contributed by atoms with Gasteiger partial charge in [0.05, 0.1) is 24.2 Å². The molecule has 1 aromatic carbocycles. The molecule has 0 amide bonds. The number of hydrogen-bond acceptors (Lipinski definition) is 7. The number of nitro groups is 1. The fraction of sp³-hybridized carbons (Fsp3) is 0.545. The molecule has 1 aromatic rings. The lowest BCUT2D eigenvalue weighted by Gasteiger charge is -2.68. The smallest absolute Gasteiger partial charge is 0.336 e. The molecule has 2 saturated heterocycles. The van der Waals surface area contributed by atoms with E-state index in [1.165, 1.54) is 7.11 Å². The molecule has 154 valence electrons. The van der Waals surface area contributed by atoms with E-state index in [4.69, 9.17) is 4.74 Å². The zero-order valence-corrected chi connectivity index (χ0v) is 16.7. The Bertz CT molecular complexity index is 1090. The number of nitriles is 1. The normalized spacial score (nSPS) is 42.3. The fourth-order valence-electron chi connectivity index (χ4n) is 8.07. The van der Waals surface area contributed by atoms with Crippen molar-refractivity contribution in [3.8, 4) is 6.07 Å². The zero-order valence-electron chi connectivity index (χ0n) is 16.7. The van der Waals surface area contributed by atoms with Crippen LogP contribution in [0.25, 0.3) is 0 Å². The van der Waals surface area contributed by atoms with Crippen molar-refractivity contribution in [3.63, 3.8) is 0 Å². The Labute approximate surface area is 173 Å². The number of ether oxygens (including phenoxy) is 1. The van der Waals surface area contributed by atoms with Crippen molar-refractivity contribution in [2.45, 2.75) is 48.2 Å². The molecule has 1 saturated carbocycles. The topological polar surface area (TPSA) is 108 Å². The molecule has 8 nitrogen and oxygen atoms in total. The third-order valence-electron chi connectivity index (χ3n) is 8.74. The Morgan fingerprint density at radius 3 is 2.90 bits per heavy atom. The summed E-state index contributed by atoms with van der Waals surface area (Å²) in [7, 11) is 1.31. The highest BCUT2D eigenvalue weighted by molar-refractivity contribution is 5.97. The van der Waals surface area contributed by atoms with Crippen LogP contribution in [0.1, 0.15) is 31.2 Å². The predicted molar refractivity (Wildman–Crippen MR) is 106 cm³/mol. The van der Waals surface area contributed by atoms with Crippen LogP contribution in [0.4, 0.5) is 5.69 Å². The molecule has 2 bridgehead atoms. The summed E-state index contributed by atoms with van der Waals surface area (Å²) in [5.41, 5.74) is -1.87. The number of nitrogens with one attached hydrogen (secondary N) is 1. The van der Waals surface area contributed by atoms with Crippen LogP contribution in [0.2, 0.25) is 0 Å². The van der Waals surface area contributed by atoms with Gasteiger partial charge in [-0.3, -0.25) is 15.0 Å². The Kier molecular flexibility index (Phi) is 3.11. The molecule has 3 aliphatic carbocycles. The largest absolute Gasteiger partial charge is 0.466 e. The van der Waals surface area contributed by atoms with E-state index in [0.717, 1.165) is 24.2 Å². The van der Waals surface area contributed by atoms with Crippen molar-refractivity contribution < 1.29 is 14.5 Å². The number of rotatable bonds is 2. The van der Waals surface area contributed by atoms with E-state index in [9.17, 15) is 20.2 Å². The summed E-state index contributed by atoms with van der Waals surface area (Å²) >= 11 is 0. The fourth-order valence-corrected chi connectivity index (χ4v) is 8.07. The molecular formula is C22H22N4O4. The summed E-state index contributed by atoms with van der Waals surface area (Å²) in [6.07, 6.45) is 4.22. The molecule has 0 unspecified atom stereocenters. The number of para-hydroxylation sites is 1. The minimum absolute atomic E-state index is 0.239. The Hall–Kier alpha value is -2.92. The number of methoxy groups -OCH3 is 1. The average Bonchev–Trinajstić information content (AvgIpc) is 3.27. The van der Waals surface area contributed by atoms with Gasteiger partial charge in [0.1, 0.15) is 5.54 Å². The van der Waals surface area contributed by atoms with Gasteiger partial charge in [0.25, 0.3) is 0 Å². The van der Waals surface area contributed by atoms with E-state index >= 15 is 0 Å². The molecule has 0 radical (unpaired) electrons. The predicted octanol–water partition coefficient (Wildman–Crippen LogP) is 2.00. The number of nitrogens with zero attached hydrogens (tertiary/aromatic N) is 3. The summed E-state index contributed by atoms with van der Waals surface area (Å²) in [5.74, 6) is -0.545. The van der Waals surface area contributed by atoms with Crippen molar-refractivity contribution in [1.82, 2.24) is 4.90 Å². The second kappa shape index (κ2) is 5.22. The molecule has 5 atom stereocenters. The number of carbonyl (C=O) groups is 1. The van der Waals surface area contributed by atoms with Crippen molar-refractivity contribution in [2.75, 3.05) is 25.5 Å². The summed E-state index contributed by atoms with van der Waals surface area (Å²) in [6.45, 7) is 1.47. The minimum atomic E-state index is -1.31. The highest BCUT2D eigenvalue weighted by Gasteiger charge is 2.89. The quantitative estimate of drug-likeness (QED) is 0.454. The highest BCUT2D eigenvalue weighted by Crippen LogP contribution is 2.76. The maximum atomic E-state index is 13.1. The number of hydrogen-bond donors (Lipinski definition) is 1. The van der Waals surface area contributed by atoms with Crippen LogP contribution in [-0.4, -0.2) is 53.1 Å². The molecule has 6 aliphatic rings. The van der Waals surface area contributed by atoms with Gasteiger partial charge in [0.15, 0.2) is 5.54 Å². The van der Waals surface area contributed by atoms with Gasteiger partial charge < -0.3 is 10.1 Å². The Morgan fingerprint density at radius 2 is 2.17 bits per heavy atom. The first-order valence-electron chi connectivity index (χ1n) is 10.4. The van der Waals surface area contributed by atoms with Gasteiger partial charge >= 0.3 is 5.97 Å². The van der Waals surface area contributed by atoms with E-state index < -0.39 is 33.9 Å². The first-order valence-corrected chi connectivity index (χ1v) is 10.4. The van der Waals surface area contributed by atoms with Crippen LogP contribution in [-0.2, 0) is 14.9 Å². The molecule has 0 aromatic heterocycles. The number of fused-ring (bicyclic) bond motifs is 2. The van der Waals surface area contributed by atoms with Crippen molar-refractivity contribution in [3.05, 3.63) is 51.6 Å². The Morgan fingerprint density at radius 1 is 1.37 bits per heavy atom. The number of benzene rings is 1. The summed E-state index contributed by atoms with van der Waals surface area (Å²) < 4.78 is 5.15. The maximum absolute atomic E-state index is 13.1. The van der Waals surface area contributed by atoms with Gasteiger partial charge in [0.2, 0.25) is 6.04 Å². The molecule has 3 aliphatic heterocycles. The number of carbonyl (C=O) groups excluding carboxylic acids is 1. The van der Waals surface area contributed by atoms with Crippen LogP contribution in [0.15, 0.2) is 35.9 Å². The standard InChI is InChI=1S/C22H22N4O4/c1-30-18(27)15-11-19-7-4-9-25-10-8-20(21(19,25)13-23)14-5-2-3-6-16(14)24-22(15,20)17(12-19)26(28)29/h2-3,5-6,11,17,24H,4,7-10,12H2,1H3/t17-,19+,20-,21+,22+/m1/s1. The van der Waals surface area contributed by atoms with Crippen molar-refractivity contribution in [1.29, 1.82) is 5.26 Å². The summed E-state index contributed by atoms with van der Waals surface area (Å²) in [6, 6.07) is 9.37. The van der Waals surface area contributed by atoms with Crippen LogP contribution in [0.3, 0.4) is 0 Å². The molecule has 3 spiro atoms. The summed E-state index contributed by atoms with van der Waals surface area (Å²) in [4.78, 5) is 27.6. The molecular weight excluding hydrogens is 384 g/mol. The molecule has 3 heterocycles. The SMILES string of the molecule is COC(=O)C1=C[C@@]23CCCN4CC[C@@]5(c6ccccc6N[C@]15[C@H]([N+](=O)[O-])C2)[C@@]43C#N. The molecule has 7 rings (SSSR count). The number of anilines is 1. The lowest BCUT2D eigenvalue weighted by atomic mass is 9.36. The highest BCUT2D eigenvalue weighted by atomic mass is 16.6. The molecule has 8 heteroatoms. The monoisotopic (exact) mass is 406 g/mol. The average molecular weight is 406 g/mol. The third-order valence-corrected chi connectivity index (χ3v) is 8.74. The van der Waals surface area contributed by atoms with E-state index in [0.29, 0.717) is 25.0 Å². The first kappa shape index (κ1) is 17.9. The molecule has 1 N–H and O–H groups in total. The number of esters is 1. The maximum Gasteiger partial charge on any atom is 0.336 e. The minimum Gasteiger partial charge on any atom is -0.466 e. The van der Waals surface area contributed by atoms with E-state index in [2.05, 4.69) is 16.3 Å². The van der Waals surface area contributed by atoms with Gasteiger partial charge in [-0.1, -0.05) is 24.3 Å². The zero-order chi connectivity index (χ0) is 20.9. The van der Waals surface area contributed by atoms with Gasteiger partial charge in [0, 0.05) is 29.0 Å². The lowest BCUT2D eigenvalue weighted by molar-refractivity contribution is -0.543. The van der Waals surface area contributed by atoms with Crippen LogP contribution >= 0.6 is 0 Å². The Balaban J connectivity index is 1.81. The third kappa shape index (κ3) is 1.45. The van der Waals surface area contributed by atoms with Crippen LogP contribution < -0.4 is 5.32 Å².